The number of aromatic nitrogens is 3. The first-order chi connectivity index (χ1) is 15.5. The second-order valence-corrected chi connectivity index (χ2v) is 6.58. The minimum atomic E-state index is -1.36. The molecular formula is C19H12ClN5O8. The maximum atomic E-state index is 11.5. The molecule has 3 rings (SSSR count). The Hall–Kier alpha value is -4.78. The van der Waals surface area contributed by atoms with Gasteiger partial charge in [-0.05, 0) is 48.0 Å². The summed E-state index contributed by atoms with van der Waals surface area (Å²) in [5, 5.41) is 41.7. The van der Waals surface area contributed by atoms with E-state index >= 15 is 0 Å². The second-order valence-electron chi connectivity index (χ2n) is 6.24. The lowest BCUT2D eigenvalue weighted by molar-refractivity contribution is 0.0682. The number of carboxylic acid groups (broad SMARTS) is 4. The Balaban J connectivity index is 2.01. The average molecular weight is 474 g/mol. The molecule has 13 nitrogen and oxygen atoms in total. The number of nitrogens with one attached hydrogen (secondary N) is 2. The molecule has 0 radical (unpaired) electrons. The van der Waals surface area contributed by atoms with Gasteiger partial charge in [0.1, 0.15) is 0 Å². The molecular weight excluding hydrogens is 462 g/mol. The fourth-order valence-electron chi connectivity index (χ4n) is 2.64. The zero-order valence-electron chi connectivity index (χ0n) is 16.1. The van der Waals surface area contributed by atoms with Crippen LogP contribution in [0.25, 0.3) is 0 Å². The molecule has 0 spiro atoms. The summed E-state index contributed by atoms with van der Waals surface area (Å²) in [6, 6.07) is 6.46. The molecule has 2 aromatic carbocycles. The predicted octanol–water partition coefficient (Wildman–Crippen LogP) is 2.81. The number of carbonyl (C=O) groups is 4. The van der Waals surface area contributed by atoms with E-state index in [1.807, 2.05) is 0 Å². The van der Waals surface area contributed by atoms with E-state index in [0.29, 0.717) is 0 Å². The third-order valence-corrected chi connectivity index (χ3v) is 4.26. The Labute approximate surface area is 188 Å². The fourth-order valence-corrected chi connectivity index (χ4v) is 2.80. The summed E-state index contributed by atoms with van der Waals surface area (Å²) < 4.78 is 0. The molecule has 6 N–H and O–H groups in total. The Morgan fingerprint density at radius 1 is 0.636 bits per heavy atom. The van der Waals surface area contributed by atoms with E-state index < -0.39 is 23.9 Å². The van der Waals surface area contributed by atoms with E-state index in [0.717, 1.165) is 36.4 Å². The van der Waals surface area contributed by atoms with Crippen molar-refractivity contribution in [1.82, 2.24) is 15.0 Å². The molecule has 0 fully saturated rings. The smallest absolute Gasteiger partial charge is 0.337 e. The first kappa shape index (κ1) is 22.9. The monoisotopic (exact) mass is 473 g/mol. The largest absolute Gasteiger partial charge is 0.478 e. The van der Waals surface area contributed by atoms with Crippen LogP contribution in [0, 0.1) is 0 Å². The van der Waals surface area contributed by atoms with Crippen LogP contribution in [0.2, 0.25) is 5.28 Å². The van der Waals surface area contributed by atoms with Crippen molar-refractivity contribution >= 4 is 58.7 Å². The molecule has 33 heavy (non-hydrogen) atoms. The topological polar surface area (TPSA) is 212 Å². The number of hydrogen-bond donors (Lipinski definition) is 6. The molecule has 3 aromatic rings. The van der Waals surface area contributed by atoms with Gasteiger partial charge in [-0.25, -0.2) is 19.2 Å². The Bertz CT molecular complexity index is 1220. The molecule has 1 heterocycles. The van der Waals surface area contributed by atoms with Crippen LogP contribution in [0.4, 0.5) is 23.3 Å². The van der Waals surface area contributed by atoms with Crippen molar-refractivity contribution in [1.29, 1.82) is 0 Å². The van der Waals surface area contributed by atoms with E-state index in [1.165, 1.54) is 0 Å². The summed E-state index contributed by atoms with van der Waals surface area (Å²) in [4.78, 5) is 56.9. The van der Waals surface area contributed by atoms with Crippen LogP contribution in [0.15, 0.2) is 36.4 Å². The first-order valence-electron chi connectivity index (χ1n) is 8.72. The van der Waals surface area contributed by atoms with Gasteiger partial charge in [0.15, 0.2) is 0 Å². The molecule has 0 saturated heterocycles. The van der Waals surface area contributed by atoms with Crippen molar-refractivity contribution in [2.24, 2.45) is 0 Å². The third-order valence-electron chi connectivity index (χ3n) is 4.09. The molecule has 14 heteroatoms. The third kappa shape index (κ3) is 5.29. The SMILES string of the molecule is O=C(O)c1ccc(C(=O)O)c(Nc2nc(Cl)nc(Nc3cc(C(=O)O)ccc3C(=O)O)n2)c1. The van der Waals surface area contributed by atoms with Gasteiger partial charge in [0.05, 0.1) is 33.6 Å². The van der Waals surface area contributed by atoms with Gasteiger partial charge in [-0.2, -0.15) is 15.0 Å². The molecule has 0 atom stereocenters. The molecule has 0 aliphatic heterocycles. The summed E-state index contributed by atoms with van der Waals surface area (Å²) in [6.45, 7) is 0. The maximum absolute atomic E-state index is 11.5. The normalized spacial score (nSPS) is 10.3. The Morgan fingerprint density at radius 2 is 1.03 bits per heavy atom. The van der Waals surface area contributed by atoms with Crippen LogP contribution in [0.1, 0.15) is 41.4 Å². The van der Waals surface area contributed by atoms with Gasteiger partial charge in [0.2, 0.25) is 17.2 Å². The van der Waals surface area contributed by atoms with Gasteiger partial charge in [-0.1, -0.05) is 0 Å². The van der Waals surface area contributed by atoms with E-state index in [-0.39, 0.29) is 50.8 Å². The van der Waals surface area contributed by atoms with E-state index in [2.05, 4.69) is 25.6 Å². The molecule has 0 unspecified atom stereocenters. The number of nitrogens with zero attached hydrogens (tertiary/aromatic N) is 3. The van der Waals surface area contributed by atoms with E-state index in [9.17, 15) is 29.4 Å². The van der Waals surface area contributed by atoms with Crippen LogP contribution in [-0.2, 0) is 0 Å². The minimum Gasteiger partial charge on any atom is -0.478 e. The van der Waals surface area contributed by atoms with Gasteiger partial charge in [-0.15, -0.1) is 0 Å². The predicted molar refractivity (Wildman–Crippen MR) is 112 cm³/mol. The fraction of sp³-hybridized carbons (Fsp3) is 0. The standard InChI is InChI=1S/C19H12ClN5O8/c20-17-23-18(21-11-5-7(13(26)27)1-3-9(11)15(30)31)25-19(24-17)22-12-6-8(14(28)29)2-4-10(12)16(32)33/h1-6H,(H,26,27)(H,28,29)(H,30,31)(H,32,33)(H2,21,22,23,24,25). The Kier molecular flexibility index (Phi) is 6.35. The number of rotatable bonds is 8. The number of anilines is 4. The molecule has 0 aliphatic rings. The number of halogens is 1. The highest BCUT2D eigenvalue weighted by Crippen LogP contribution is 2.25. The number of hydrogen-bond acceptors (Lipinski definition) is 9. The summed E-state index contributed by atoms with van der Waals surface area (Å²) in [7, 11) is 0. The highest BCUT2D eigenvalue weighted by molar-refractivity contribution is 6.28. The number of benzene rings is 2. The maximum Gasteiger partial charge on any atom is 0.337 e. The summed E-state index contributed by atoms with van der Waals surface area (Å²) in [5.41, 5.74) is -1.30. The number of carboxylic acids is 4. The zero-order valence-corrected chi connectivity index (χ0v) is 16.9. The second kappa shape index (κ2) is 9.15. The lowest BCUT2D eigenvalue weighted by Gasteiger charge is -2.12. The van der Waals surface area contributed by atoms with Crippen molar-refractivity contribution in [2.75, 3.05) is 10.6 Å². The van der Waals surface area contributed by atoms with Gasteiger partial charge < -0.3 is 31.1 Å². The van der Waals surface area contributed by atoms with Crippen LogP contribution in [0.3, 0.4) is 0 Å². The Morgan fingerprint density at radius 3 is 1.36 bits per heavy atom. The summed E-state index contributed by atoms with van der Waals surface area (Å²) in [5.74, 6) is -5.91. The lowest BCUT2D eigenvalue weighted by Crippen LogP contribution is -2.10. The average Bonchev–Trinajstić information content (AvgIpc) is 2.72. The first-order valence-corrected chi connectivity index (χ1v) is 9.10. The highest BCUT2D eigenvalue weighted by Gasteiger charge is 2.18. The van der Waals surface area contributed by atoms with Crippen LogP contribution >= 0.6 is 11.6 Å². The molecule has 1 aromatic heterocycles. The minimum absolute atomic E-state index is 0.158. The molecule has 0 amide bonds. The van der Waals surface area contributed by atoms with Gasteiger partial charge in [0.25, 0.3) is 0 Å². The molecule has 0 aliphatic carbocycles. The summed E-state index contributed by atoms with van der Waals surface area (Å²) >= 11 is 5.89. The lowest BCUT2D eigenvalue weighted by atomic mass is 10.1. The van der Waals surface area contributed by atoms with Gasteiger partial charge in [-0.3, -0.25) is 0 Å². The van der Waals surface area contributed by atoms with Crippen molar-refractivity contribution < 1.29 is 39.6 Å². The van der Waals surface area contributed by atoms with Gasteiger partial charge >= 0.3 is 23.9 Å². The zero-order chi connectivity index (χ0) is 24.3. The van der Waals surface area contributed by atoms with Crippen LogP contribution in [-0.4, -0.2) is 59.3 Å². The van der Waals surface area contributed by atoms with E-state index in [4.69, 9.17) is 21.8 Å². The van der Waals surface area contributed by atoms with E-state index in [1.54, 1.807) is 0 Å². The highest BCUT2D eigenvalue weighted by atomic mass is 35.5. The van der Waals surface area contributed by atoms with Crippen molar-refractivity contribution in [3.05, 3.63) is 63.9 Å². The summed E-state index contributed by atoms with van der Waals surface area (Å²) in [6.07, 6.45) is 0. The van der Waals surface area contributed by atoms with Gasteiger partial charge in [0, 0.05) is 0 Å². The van der Waals surface area contributed by atoms with Crippen LogP contribution < -0.4 is 10.6 Å². The van der Waals surface area contributed by atoms with Crippen LogP contribution in [0.5, 0.6) is 0 Å². The number of aromatic carboxylic acids is 4. The molecule has 168 valence electrons. The van der Waals surface area contributed by atoms with Crippen molar-refractivity contribution in [2.45, 2.75) is 0 Å². The van der Waals surface area contributed by atoms with Crippen molar-refractivity contribution in [3.8, 4) is 0 Å². The quantitative estimate of drug-likeness (QED) is 0.278. The molecule has 0 saturated carbocycles. The van der Waals surface area contributed by atoms with Crippen molar-refractivity contribution in [3.63, 3.8) is 0 Å². The molecule has 0 bridgehead atoms.